The first kappa shape index (κ1) is 23.0. The van der Waals surface area contributed by atoms with E-state index in [4.69, 9.17) is 14.2 Å². The Morgan fingerprint density at radius 1 is 1.03 bits per heavy atom. The number of nitrogens with zero attached hydrogens (tertiary/aromatic N) is 2. The monoisotopic (exact) mass is 454 g/mol. The van der Waals surface area contributed by atoms with E-state index in [9.17, 15) is 4.79 Å². The number of fused-ring (bicyclic) bond motifs is 1. The molecule has 1 atom stereocenters. The lowest BCUT2D eigenvalue weighted by Gasteiger charge is -2.36. The zero-order chi connectivity index (χ0) is 23.0. The maximum absolute atomic E-state index is 12.3. The van der Waals surface area contributed by atoms with Gasteiger partial charge in [-0.25, -0.2) is 4.79 Å². The topological polar surface area (TPSA) is 75.3 Å². The molecule has 0 unspecified atom stereocenters. The summed E-state index contributed by atoms with van der Waals surface area (Å²) in [6, 6.07) is 13.8. The predicted octanol–water partition coefficient (Wildman–Crippen LogP) is 2.52. The molecule has 0 saturated carbocycles. The van der Waals surface area contributed by atoms with Crippen LogP contribution < -0.4 is 29.7 Å². The van der Waals surface area contributed by atoms with Gasteiger partial charge in [0.1, 0.15) is 23.9 Å². The van der Waals surface area contributed by atoms with Gasteiger partial charge in [0, 0.05) is 38.4 Å². The first-order valence-electron chi connectivity index (χ1n) is 11.6. The van der Waals surface area contributed by atoms with Gasteiger partial charge in [0.05, 0.1) is 20.3 Å². The summed E-state index contributed by atoms with van der Waals surface area (Å²) in [7, 11) is 3.34. The molecular formula is C25H34N4O4. The Morgan fingerprint density at radius 2 is 1.76 bits per heavy atom. The number of nitrogens with one attached hydrogen (secondary N) is 2. The highest BCUT2D eigenvalue weighted by molar-refractivity contribution is 5.74. The first-order chi connectivity index (χ1) is 16.1. The van der Waals surface area contributed by atoms with Crippen molar-refractivity contribution in [2.24, 2.45) is 0 Å². The molecule has 2 amide bonds. The summed E-state index contributed by atoms with van der Waals surface area (Å²) in [6.45, 7) is 6.19. The molecule has 0 aromatic heterocycles. The Balaban J connectivity index is 1.11. The third-order valence-electron chi connectivity index (χ3n) is 6.26. The molecule has 4 rings (SSSR count). The molecule has 1 saturated heterocycles. The number of amides is 2. The van der Waals surface area contributed by atoms with Crippen molar-refractivity contribution >= 4 is 11.7 Å². The van der Waals surface area contributed by atoms with Crippen LogP contribution in [0.3, 0.4) is 0 Å². The third-order valence-corrected chi connectivity index (χ3v) is 6.26. The van der Waals surface area contributed by atoms with Gasteiger partial charge in [0.15, 0.2) is 0 Å². The van der Waals surface area contributed by atoms with Gasteiger partial charge in [0.2, 0.25) is 0 Å². The van der Waals surface area contributed by atoms with Crippen molar-refractivity contribution < 1.29 is 19.0 Å². The van der Waals surface area contributed by atoms with Gasteiger partial charge in [-0.1, -0.05) is 0 Å². The number of rotatable bonds is 8. The van der Waals surface area contributed by atoms with Crippen molar-refractivity contribution in [3.8, 4) is 17.2 Å². The van der Waals surface area contributed by atoms with E-state index in [2.05, 4.69) is 32.6 Å². The summed E-state index contributed by atoms with van der Waals surface area (Å²) in [4.78, 5) is 17.2. The molecular weight excluding hydrogens is 420 g/mol. The summed E-state index contributed by atoms with van der Waals surface area (Å²) >= 11 is 0. The SMILES string of the molecule is COc1ccc(N2CCN(CCCNC(=O)N[C@@H]3COc4ccc(OC)cc4C3)CC2)cc1. The molecule has 2 aromatic rings. The molecule has 33 heavy (non-hydrogen) atoms. The molecule has 8 heteroatoms. The van der Waals surface area contributed by atoms with E-state index in [1.54, 1.807) is 14.2 Å². The summed E-state index contributed by atoms with van der Waals surface area (Å²) in [5, 5.41) is 6.00. The summed E-state index contributed by atoms with van der Waals surface area (Å²) in [5.74, 6) is 2.55. The van der Waals surface area contributed by atoms with Crippen LogP contribution in [0, 0.1) is 0 Å². The number of carbonyl (C=O) groups excluding carboxylic acids is 1. The number of benzene rings is 2. The maximum Gasteiger partial charge on any atom is 0.315 e. The second-order valence-electron chi connectivity index (χ2n) is 8.47. The van der Waals surface area contributed by atoms with E-state index in [0.29, 0.717) is 13.2 Å². The smallest absolute Gasteiger partial charge is 0.315 e. The summed E-state index contributed by atoms with van der Waals surface area (Å²) in [5.41, 5.74) is 2.29. The van der Waals surface area contributed by atoms with Crippen LogP contribution >= 0.6 is 0 Å². The van der Waals surface area contributed by atoms with E-state index in [0.717, 1.165) is 68.4 Å². The number of piperazine rings is 1. The Morgan fingerprint density at radius 3 is 2.48 bits per heavy atom. The van der Waals surface area contributed by atoms with Crippen LogP contribution in [0.5, 0.6) is 17.2 Å². The van der Waals surface area contributed by atoms with Gasteiger partial charge >= 0.3 is 6.03 Å². The fourth-order valence-electron chi connectivity index (χ4n) is 4.35. The molecule has 2 aromatic carbocycles. The molecule has 8 nitrogen and oxygen atoms in total. The zero-order valence-electron chi connectivity index (χ0n) is 19.5. The molecule has 2 heterocycles. The van der Waals surface area contributed by atoms with E-state index < -0.39 is 0 Å². The van der Waals surface area contributed by atoms with Crippen LogP contribution in [0.1, 0.15) is 12.0 Å². The average Bonchev–Trinajstić information content (AvgIpc) is 2.86. The predicted molar refractivity (Wildman–Crippen MR) is 129 cm³/mol. The van der Waals surface area contributed by atoms with Crippen LogP contribution in [-0.2, 0) is 6.42 Å². The minimum atomic E-state index is -0.140. The highest BCUT2D eigenvalue weighted by atomic mass is 16.5. The van der Waals surface area contributed by atoms with E-state index in [-0.39, 0.29) is 12.1 Å². The highest BCUT2D eigenvalue weighted by Gasteiger charge is 2.22. The van der Waals surface area contributed by atoms with Crippen LogP contribution in [-0.4, -0.2) is 77.1 Å². The van der Waals surface area contributed by atoms with Crippen molar-refractivity contribution in [3.05, 3.63) is 48.0 Å². The molecule has 178 valence electrons. The largest absolute Gasteiger partial charge is 0.497 e. The molecule has 1 fully saturated rings. The second-order valence-corrected chi connectivity index (χ2v) is 8.47. The van der Waals surface area contributed by atoms with Crippen molar-refractivity contribution in [1.29, 1.82) is 0 Å². The van der Waals surface area contributed by atoms with Crippen molar-refractivity contribution in [1.82, 2.24) is 15.5 Å². The lowest BCUT2D eigenvalue weighted by Crippen LogP contribution is -2.48. The van der Waals surface area contributed by atoms with Gasteiger partial charge in [-0.15, -0.1) is 0 Å². The van der Waals surface area contributed by atoms with E-state index in [1.807, 2.05) is 30.3 Å². The van der Waals surface area contributed by atoms with Crippen molar-refractivity contribution in [2.75, 3.05) is 65.0 Å². The molecule has 0 bridgehead atoms. The third kappa shape index (κ3) is 6.22. The quantitative estimate of drug-likeness (QED) is 0.597. The highest BCUT2D eigenvalue weighted by Crippen LogP contribution is 2.28. The van der Waals surface area contributed by atoms with Gasteiger partial charge in [-0.05, 0) is 67.4 Å². The van der Waals surface area contributed by atoms with Gasteiger partial charge < -0.3 is 29.7 Å². The lowest BCUT2D eigenvalue weighted by atomic mass is 10.0. The lowest BCUT2D eigenvalue weighted by molar-refractivity contribution is 0.213. The van der Waals surface area contributed by atoms with Crippen LogP contribution in [0.25, 0.3) is 0 Å². The molecule has 0 aliphatic carbocycles. The fraction of sp³-hybridized carbons (Fsp3) is 0.480. The van der Waals surface area contributed by atoms with Crippen LogP contribution in [0.2, 0.25) is 0 Å². The van der Waals surface area contributed by atoms with E-state index >= 15 is 0 Å². The minimum Gasteiger partial charge on any atom is -0.497 e. The van der Waals surface area contributed by atoms with Gasteiger partial charge in [0.25, 0.3) is 0 Å². The molecule has 2 aliphatic heterocycles. The van der Waals surface area contributed by atoms with Crippen LogP contribution in [0.15, 0.2) is 42.5 Å². The van der Waals surface area contributed by atoms with Gasteiger partial charge in [-0.3, -0.25) is 4.90 Å². The number of methoxy groups -OCH3 is 2. The Bertz CT molecular complexity index is 913. The van der Waals surface area contributed by atoms with Crippen molar-refractivity contribution in [2.45, 2.75) is 18.9 Å². The Hall–Kier alpha value is -3.13. The molecule has 2 N–H and O–H groups in total. The summed E-state index contributed by atoms with van der Waals surface area (Å²) in [6.07, 6.45) is 1.66. The number of urea groups is 1. The normalized spacial score (nSPS) is 18.1. The first-order valence-corrected chi connectivity index (χ1v) is 11.6. The Kier molecular flexibility index (Phi) is 7.78. The Labute approximate surface area is 195 Å². The number of carbonyl (C=O) groups is 1. The number of hydrogen-bond acceptors (Lipinski definition) is 6. The van der Waals surface area contributed by atoms with Crippen molar-refractivity contribution in [3.63, 3.8) is 0 Å². The zero-order valence-corrected chi connectivity index (χ0v) is 19.5. The molecule has 0 radical (unpaired) electrons. The molecule has 0 spiro atoms. The standard InChI is InChI=1S/C25H34N4O4/c1-31-22-6-4-21(5-7-22)29-14-12-28(13-15-29)11-3-10-26-25(30)27-20-16-19-17-23(32-2)8-9-24(19)33-18-20/h4-9,17,20H,3,10-16,18H2,1-2H3,(H2,26,27,30)/t20-/m0/s1. The summed E-state index contributed by atoms with van der Waals surface area (Å²) < 4.78 is 16.3. The number of hydrogen-bond donors (Lipinski definition) is 2. The van der Waals surface area contributed by atoms with Gasteiger partial charge in [-0.2, -0.15) is 0 Å². The average molecular weight is 455 g/mol. The minimum absolute atomic E-state index is 0.0457. The number of anilines is 1. The van der Waals surface area contributed by atoms with E-state index in [1.165, 1.54) is 5.69 Å². The number of ether oxygens (including phenoxy) is 3. The second kappa shape index (κ2) is 11.1. The van der Waals surface area contributed by atoms with Crippen LogP contribution in [0.4, 0.5) is 10.5 Å². The molecule has 2 aliphatic rings. The maximum atomic E-state index is 12.3. The fourth-order valence-corrected chi connectivity index (χ4v) is 4.35.